The number of carbonyl (C=O) groups is 1. The lowest BCUT2D eigenvalue weighted by atomic mass is 9.32. The number of piperidine rings is 1. The summed E-state index contributed by atoms with van der Waals surface area (Å²) in [5.74, 6) is 0.902. The fourth-order valence-electron chi connectivity index (χ4n) is 8.36. The van der Waals surface area contributed by atoms with E-state index in [0.717, 1.165) is 80.5 Å². The van der Waals surface area contributed by atoms with Crippen molar-refractivity contribution < 1.29 is 18.0 Å². The number of carbonyl (C=O) groups excluding carboxylic acids is 1. The SMILES string of the molecule is C=CC(=O)NC12CC(CCn3c(C#N)cc4c(C)c(CN5CCC(Nc6ncnc7sc(CC(F)(F)F)cc67)CC5)ccc43)(C1)[C@@H]2C. The van der Waals surface area contributed by atoms with Crippen molar-refractivity contribution in [2.24, 2.45) is 11.3 Å². The first kappa shape index (κ1) is 31.6. The highest BCUT2D eigenvalue weighted by atomic mass is 32.1. The molecular weight excluding hydrogens is 623 g/mol. The minimum atomic E-state index is -4.26. The third kappa shape index (κ3) is 5.67. The van der Waals surface area contributed by atoms with E-state index in [1.807, 2.05) is 6.07 Å². The fraction of sp³-hybridized carbons (Fsp3) is 0.486. The van der Waals surface area contributed by atoms with Gasteiger partial charge in [-0.2, -0.15) is 18.4 Å². The van der Waals surface area contributed by atoms with Crippen LogP contribution in [-0.4, -0.2) is 56.2 Å². The van der Waals surface area contributed by atoms with Crippen LogP contribution >= 0.6 is 11.3 Å². The molecule has 4 heterocycles. The first-order valence-corrected chi connectivity index (χ1v) is 17.0. The van der Waals surface area contributed by atoms with Crippen molar-refractivity contribution in [3.8, 4) is 6.07 Å². The number of nitriles is 1. The summed E-state index contributed by atoms with van der Waals surface area (Å²) in [5, 5.41) is 18.4. The summed E-state index contributed by atoms with van der Waals surface area (Å²) in [6.07, 6.45) is 2.26. The highest BCUT2D eigenvalue weighted by Crippen LogP contribution is 2.73. The molecule has 3 saturated carbocycles. The number of rotatable bonds is 10. The number of likely N-dealkylation sites (tertiary alicyclic amines) is 1. The number of halogens is 3. The average Bonchev–Trinajstić information content (AvgIpc) is 3.61. The lowest BCUT2D eigenvalue weighted by Gasteiger charge is -2.76. The summed E-state index contributed by atoms with van der Waals surface area (Å²) in [7, 11) is 0. The second kappa shape index (κ2) is 11.6. The molecule has 8 rings (SSSR count). The van der Waals surface area contributed by atoms with Crippen LogP contribution in [0.3, 0.4) is 0 Å². The number of aryl methyl sites for hydroxylation is 2. The van der Waals surface area contributed by atoms with Gasteiger partial charge in [0.15, 0.2) is 0 Å². The Morgan fingerprint density at radius 2 is 1.98 bits per heavy atom. The maximum Gasteiger partial charge on any atom is 0.393 e. The van der Waals surface area contributed by atoms with E-state index in [4.69, 9.17) is 0 Å². The van der Waals surface area contributed by atoms with Gasteiger partial charge >= 0.3 is 6.18 Å². The fourth-order valence-corrected chi connectivity index (χ4v) is 9.39. The molecule has 47 heavy (non-hydrogen) atoms. The molecule has 2 bridgehead atoms. The lowest BCUT2D eigenvalue weighted by molar-refractivity contribution is -0.225. The van der Waals surface area contributed by atoms with Crippen LogP contribution in [0.2, 0.25) is 0 Å². The number of hydrogen-bond donors (Lipinski definition) is 2. The van der Waals surface area contributed by atoms with E-state index in [9.17, 15) is 23.2 Å². The van der Waals surface area contributed by atoms with Gasteiger partial charge in [-0.15, -0.1) is 11.3 Å². The van der Waals surface area contributed by atoms with Gasteiger partial charge in [-0.05, 0) is 85.8 Å². The molecule has 1 amide bonds. The molecule has 1 saturated heterocycles. The summed E-state index contributed by atoms with van der Waals surface area (Å²) in [4.78, 5) is 23.7. The van der Waals surface area contributed by atoms with Gasteiger partial charge in [-0.3, -0.25) is 9.69 Å². The normalized spacial score (nSPS) is 24.5. The van der Waals surface area contributed by atoms with E-state index in [2.05, 4.69) is 68.7 Å². The molecular formula is C35H38F3N7OS. The van der Waals surface area contributed by atoms with Crippen molar-refractivity contribution in [3.63, 3.8) is 0 Å². The zero-order chi connectivity index (χ0) is 33.1. The molecule has 12 heteroatoms. The highest BCUT2D eigenvalue weighted by molar-refractivity contribution is 7.18. The minimum Gasteiger partial charge on any atom is -0.367 e. The zero-order valence-corrected chi connectivity index (χ0v) is 27.4. The van der Waals surface area contributed by atoms with E-state index in [-0.39, 0.29) is 27.8 Å². The van der Waals surface area contributed by atoms with Crippen LogP contribution in [0.4, 0.5) is 19.0 Å². The second-order valence-corrected chi connectivity index (χ2v) is 14.9. The third-order valence-electron chi connectivity index (χ3n) is 11.1. The van der Waals surface area contributed by atoms with Gasteiger partial charge in [0.05, 0.1) is 11.8 Å². The van der Waals surface area contributed by atoms with E-state index < -0.39 is 12.6 Å². The molecule has 2 N–H and O–H groups in total. The van der Waals surface area contributed by atoms with Crippen molar-refractivity contribution in [1.82, 2.24) is 24.8 Å². The van der Waals surface area contributed by atoms with Crippen LogP contribution in [-0.2, 0) is 24.3 Å². The van der Waals surface area contributed by atoms with Gasteiger partial charge in [-0.1, -0.05) is 19.6 Å². The molecule has 1 aromatic carbocycles. The first-order valence-electron chi connectivity index (χ1n) is 16.2. The molecule has 3 aromatic heterocycles. The molecule has 8 nitrogen and oxygen atoms in total. The van der Waals surface area contributed by atoms with Gasteiger partial charge in [-0.25, -0.2) is 9.97 Å². The summed E-state index contributed by atoms with van der Waals surface area (Å²) >= 11 is 1.07. The Labute approximate surface area is 275 Å². The highest BCUT2D eigenvalue weighted by Gasteiger charge is 2.73. The largest absolute Gasteiger partial charge is 0.393 e. The monoisotopic (exact) mass is 661 g/mol. The summed E-state index contributed by atoms with van der Waals surface area (Å²) in [5.41, 5.74) is 4.32. The van der Waals surface area contributed by atoms with Crippen LogP contribution in [0.5, 0.6) is 0 Å². The average molecular weight is 662 g/mol. The topological polar surface area (TPSA) is 98.9 Å². The zero-order valence-electron chi connectivity index (χ0n) is 26.6. The molecule has 1 aliphatic heterocycles. The van der Waals surface area contributed by atoms with Crippen molar-refractivity contribution in [2.75, 3.05) is 18.4 Å². The molecule has 4 aromatic rings. The third-order valence-corrected chi connectivity index (χ3v) is 12.2. The molecule has 0 radical (unpaired) electrons. The lowest BCUT2D eigenvalue weighted by Crippen LogP contribution is -2.80. The van der Waals surface area contributed by atoms with Crippen LogP contribution in [0.1, 0.15) is 60.7 Å². The van der Waals surface area contributed by atoms with E-state index >= 15 is 0 Å². The Hall–Kier alpha value is -3.95. The Kier molecular flexibility index (Phi) is 7.83. The van der Waals surface area contributed by atoms with Crippen LogP contribution in [0, 0.1) is 29.6 Å². The number of benzene rings is 1. The number of nitrogens with zero attached hydrogens (tertiary/aromatic N) is 5. The number of thiophene rings is 1. The summed E-state index contributed by atoms with van der Waals surface area (Å²) in [6.45, 7) is 11.3. The molecule has 4 fully saturated rings. The predicted molar refractivity (Wildman–Crippen MR) is 177 cm³/mol. The molecule has 1 atom stereocenters. The Morgan fingerprint density at radius 3 is 2.66 bits per heavy atom. The molecule has 4 aliphatic rings. The van der Waals surface area contributed by atoms with Crippen molar-refractivity contribution in [2.45, 2.75) is 83.2 Å². The van der Waals surface area contributed by atoms with Crippen LogP contribution in [0.25, 0.3) is 21.1 Å². The molecule has 0 spiro atoms. The van der Waals surface area contributed by atoms with Crippen LogP contribution in [0.15, 0.2) is 43.2 Å². The maximum atomic E-state index is 12.9. The molecule has 246 valence electrons. The first-order chi connectivity index (χ1) is 22.4. The smallest absolute Gasteiger partial charge is 0.367 e. The standard InChI is InChI=1S/C35H38F3N7OS/c1-4-30(46)43-34-18-33(19-34,22(34)3)9-12-45-25(16-39)13-27-21(2)23(5-6-29(27)45)17-44-10-7-24(8-11-44)42-31-28-14-26(15-35(36,37)38)47-32(28)41-20-40-31/h4-6,13-14,20,22,24H,1,7-12,15,17-19H2,2-3H3,(H,43,46)(H,40,41,42)/t22-,33?,34?/m0/s1. The predicted octanol–water partition coefficient (Wildman–Crippen LogP) is 6.87. The Balaban J connectivity index is 0.976. The van der Waals surface area contributed by atoms with E-state index in [1.54, 1.807) is 6.07 Å². The number of anilines is 1. The number of aromatic nitrogens is 3. The van der Waals surface area contributed by atoms with Crippen molar-refractivity contribution in [3.05, 3.63) is 64.9 Å². The maximum absolute atomic E-state index is 12.9. The van der Waals surface area contributed by atoms with Gasteiger partial charge in [0, 0.05) is 53.5 Å². The number of alkyl halides is 3. The molecule has 3 aliphatic carbocycles. The van der Waals surface area contributed by atoms with Gasteiger partial charge in [0.1, 0.15) is 28.7 Å². The van der Waals surface area contributed by atoms with Gasteiger partial charge < -0.3 is 15.2 Å². The summed E-state index contributed by atoms with van der Waals surface area (Å²) < 4.78 is 41.0. The van der Waals surface area contributed by atoms with Gasteiger partial charge in [0.25, 0.3) is 0 Å². The number of nitrogens with one attached hydrogen (secondary N) is 2. The Bertz CT molecular complexity index is 1910. The minimum absolute atomic E-state index is 0.0891. The van der Waals surface area contributed by atoms with E-state index in [0.29, 0.717) is 27.6 Å². The van der Waals surface area contributed by atoms with Crippen LogP contribution < -0.4 is 10.6 Å². The van der Waals surface area contributed by atoms with Gasteiger partial charge in [0.2, 0.25) is 5.91 Å². The van der Waals surface area contributed by atoms with E-state index in [1.165, 1.54) is 23.5 Å². The summed E-state index contributed by atoms with van der Waals surface area (Å²) in [6, 6.07) is 10.5. The second-order valence-electron chi connectivity index (χ2n) is 13.8. The number of fused-ring (bicyclic) bond motifs is 2. The quantitative estimate of drug-likeness (QED) is 0.180. The number of hydrogen-bond acceptors (Lipinski definition) is 7. The van der Waals surface area contributed by atoms with Crippen molar-refractivity contribution >= 4 is 44.2 Å². The number of amides is 1. The van der Waals surface area contributed by atoms with Crippen molar-refractivity contribution in [1.29, 1.82) is 5.26 Å². The molecule has 0 unspecified atom stereocenters. The Morgan fingerprint density at radius 1 is 1.21 bits per heavy atom.